The third-order valence-electron chi connectivity index (χ3n) is 1.23. The van der Waals surface area contributed by atoms with Gasteiger partial charge in [0.2, 0.25) is 0 Å². The van der Waals surface area contributed by atoms with Crippen molar-refractivity contribution in [2.75, 3.05) is 0 Å². The van der Waals surface area contributed by atoms with Gasteiger partial charge >= 0.3 is 0 Å². The van der Waals surface area contributed by atoms with Crippen molar-refractivity contribution in [1.29, 1.82) is 0 Å². The summed E-state index contributed by atoms with van der Waals surface area (Å²) in [5.74, 6) is 0. The summed E-state index contributed by atoms with van der Waals surface area (Å²) in [7, 11) is 0. The zero-order chi connectivity index (χ0) is 7.72. The molecule has 0 aliphatic heterocycles. The molecular weight excluding hydrogens is 326 g/mol. The van der Waals surface area contributed by atoms with Crippen molar-refractivity contribution in [3.63, 3.8) is 0 Å². The van der Waals surface area contributed by atoms with Crippen molar-refractivity contribution >= 4 is 50.1 Å². The molecule has 0 saturated carbocycles. The third-order valence-corrected chi connectivity index (χ3v) is 4.22. The van der Waals surface area contributed by atoms with Crippen LogP contribution in [0.5, 0.6) is 0 Å². The van der Waals surface area contributed by atoms with E-state index in [0.717, 1.165) is 13.1 Å². The standard InChI is InChI=1S/C7H5BrClI/c1-4-2-3-5(8)6(9)7(4)10/h2-3H,1H3. The molecule has 1 aromatic rings. The molecule has 1 rings (SSSR count). The van der Waals surface area contributed by atoms with E-state index in [9.17, 15) is 0 Å². The highest BCUT2D eigenvalue weighted by atomic mass is 127. The van der Waals surface area contributed by atoms with Crippen LogP contribution in [0.3, 0.4) is 0 Å². The van der Waals surface area contributed by atoms with Crippen LogP contribution in [0.25, 0.3) is 0 Å². The topological polar surface area (TPSA) is 0 Å². The Morgan fingerprint density at radius 2 is 2.10 bits per heavy atom. The lowest BCUT2D eigenvalue weighted by atomic mass is 10.2. The first-order valence-electron chi connectivity index (χ1n) is 2.73. The molecule has 1 aromatic carbocycles. The highest BCUT2D eigenvalue weighted by molar-refractivity contribution is 14.1. The predicted octanol–water partition coefficient (Wildman–Crippen LogP) is 4.02. The molecule has 0 nitrogen and oxygen atoms in total. The van der Waals surface area contributed by atoms with Crippen LogP contribution >= 0.6 is 50.1 Å². The monoisotopic (exact) mass is 330 g/mol. The first kappa shape index (κ1) is 8.81. The zero-order valence-corrected chi connectivity index (χ0v) is 9.79. The van der Waals surface area contributed by atoms with Gasteiger partial charge in [0, 0.05) is 8.04 Å². The third kappa shape index (κ3) is 1.66. The number of benzene rings is 1. The largest absolute Gasteiger partial charge is 0.0819 e. The summed E-state index contributed by atoms with van der Waals surface area (Å²) in [4.78, 5) is 0. The van der Waals surface area contributed by atoms with Crippen LogP contribution in [0.4, 0.5) is 0 Å². The fourth-order valence-corrected chi connectivity index (χ4v) is 2.01. The summed E-state index contributed by atoms with van der Waals surface area (Å²) in [6, 6.07) is 4.00. The Morgan fingerprint density at radius 3 is 2.60 bits per heavy atom. The molecule has 0 atom stereocenters. The van der Waals surface area contributed by atoms with Crippen LogP contribution in [0.15, 0.2) is 16.6 Å². The number of halogens is 3. The van der Waals surface area contributed by atoms with Crippen molar-refractivity contribution in [3.8, 4) is 0 Å². The van der Waals surface area contributed by atoms with E-state index in [2.05, 4.69) is 38.5 Å². The Morgan fingerprint density at radius 1 is 1.50 bits per heavy atom. The molecule has 0 aliphatic rings. The van der Waals surface area contributed by atoms with Crippen molar-refractivity contribution < 1.29 is 0 Å². The van der Waals surface area contributed by atoms with Crippen LogP contribution < -0.4 is 0 Å². The van der Waals surface area contributed by atoms with Crippen molar-refractivity contribution in [1.82, 2.24) is 0 Å². The molecule has 0 saturated heterocycles. The lowest BCUT2D eigenvalue weighted by Crippen LogP contribution is -1.81. The van der Waals surface area contributed by atoms with Gasteiger partial charge < -0.3 is 0 Å². The van der Waals surface area contributed by atoms with Crippen LogP contribution in [0.2, 0.25) is 5.02 Å². The Labute approximate surface area is 87.2 Å². The minimum Gasteiger partial charge on any atom is -0.0819 e. The highest BCUT2D eigenvalue weighted by Crippen LogP contribution is 2.29. The van der Waals surface area contributed by atoms with Gasteiger partial charge in [-0.05, 0) is 57.1 Å². The van der Waals surface area contributed by atoms with Gasteiger partial charge in [0.1, 0.15) is 0 Å². The summed E-state index contributed by atoms with van der Waals surface area (Å²) in [6.07, 6.45) is 0. The predicted molar refractivity (Wildman–Crippen MR) is 56.6 cm³/mol. The second-order valence-corrected chi connectivity index (χ2v) is 4.30. The number of hydrogen-bond donors (Lipinski definition) is 0. The van der Waals surface area contributed by atoms with Crippen LogP contribution in [-0.2, 0) is 0 Å². The maximum Gasteiger partial charge on any atom is 0.0684 e. The van der Waals surface area contributed by atoms with E-state index in [0.29, 0.717) is 0 Å². The number of hydrogen-bond acceptors (Lipinski definition) is 0. The SMILES string of the molecule is Cc1ccc(Br)c(Cl)c1I. The fourth-order valence-electron chi connectivity index (χ4n) is 0.622. The van der Waals surface area contributed by atoms with Crippen molar-refractivity contribution in [3.05, 3.63) is 30.8 Å². The van der Waals surface area contributed by atoms with Gasteiger partial charge in [-0.1, -0.05) is 17.7 Å². The van der Waals surface area contributed by atoms with E-state index in [1.165, 1.54) is 5.56 Å². The second-order valence-electron chi connectivity index (χ2n) is 1.99. The summed E-state index contributed by atoms with van der Waals surface area (Å²) < 4.78 is 2.08. The molecular formula is C7H5BrClI. The summed E-state index contributed by atoms with van der Waals surface area (Å²) >= 11 is 11.5. The molecule has 0 bridgehead atoms. The van der Waals surface area contributed by atoms with Gasteiger partial charge in [0.05, 0.1) is 5.02 Å². The molecule has 0 aliphatic carbocycles. The van der Waals surface area contributed by atoms with E-state index in [1.54, 1.807) is 0 Å². The summed E-state index contributed by atoms with van der Waals surface area (Å²) in [5, 5.41) is 0.806. The molecule has 0 amide bonds. The average molecular weight is 331 g/mol. The van der Waals surface area contributed by atoms with Crippen molar-refractivity contribution in [2.45, 2.75) is 6.92 Å². The van der Waals surface area contributed by atoms with E-state index < -0.39 is 0 Å². The van der Waals surface area contributed by atoms with Crippen LogP contribution in [0, 0.1) is 10.5 Å². The van der Waals surface area contributed by atoms with Crippen LogP contribution in [-0.4, -0.2) is 0 Å². The summed E-state index contributed by atoms with van der Waals surface area (Å²) in [6.45, 7) is 2.04. The van der Waals surface area contributed by atoms with Gasteiger partial charge in [-0.15, -0.1) is 0 Å². The number of rotatable bonds is 0. The Bertz CT molecular complexity index is 233. The average Bonchev–Trinajstić information content (AvgIpc) is 1.93. The number of aryl methyl sites for hydroxylation is 1. The van der Waals surface area contributed by atoms with Gasteiger partial charge in [-0.25, -0.2) is 0 Å². The van der Waals surface area contributed by atoms with Gasteiger partial charge in [0.25, 0.3) is 0 Å². The van der Waals surface area contributed by atoms with E-state index in [1.807, 2.05) is 19.1 Å². The minimum atomic E-state index is 0.806. The molecule has 54 valence electrons. The normalized spacial score (nSPS) is 10.0. The molecule has 0 unspecified atom stereocenters. The van der Waals surface area contributed by atoms with Gasteiger partial charge in [-0.2, -0.15) is 0 Å². The lowest BCUT2D eigenvalue weighted by molar-refractivity contribution is 1.41. The van der Waals surface area contributed by atoms with E-state index in [4.69, 9.17) is 11.6 Å². The van der Waals surface area contributed by atoms with E-state index >= 15 is 0 Å². The maximum atomic E-state index is 5.93. The highest BCUT2D eigenvalue weighted by Gasteiger charge is 2.02. The first-order valence-corrected chi connectivity index (χ1v) is 4.98. The second kappa shape index (κ2) is 3.41. The molecule has 0 fully saturated rings. The Hall–Kier alpha value is 0.720. The van der Waals surface area contributed by atoms with Crippen LogP contribution in [0.1, 0.15) is 5.56 Å². The lowest BCUT2D eigenvalue weighted by Gasteiger charge is -2.01. The quantitative estimate of drug-likeness (QED) is 0.498. The first-order chi connectivity index (χ1) is 4.63. The fraction of sp³-hybridized carbons (Fsp3) is 0.143. The Balaban J connectivity index is 3.34. The van der Waals surface area contributed by atoms with E-state index in [-0.39, 0.29) is 0 Å². The molecule has 10 heavy (non-hydrogen) atoms. The van der Waals surface area contributed by atoms with Gasteiger partial charge in [-0.3, -0.25) is 0 Å². The molecule has 0 heterocycles. The molecule has 0 spiro atoms. The zero-order valence-electron chi connectivity index (χ0n) is 5.29. The smallest absolute Gasteiger partial charge is 0.0684 e. The molecule has 3 heteroatoms. The van der Waals surface area contributed by atoms with Gasteiger partial charge in [0.15, 0.2) is 0 Å². The minimum absolute atomic E-state index is 0.806. The summed E-state index contributed by atoms with van der Waals surface area (Å²) in [5.41, 5.74) is 1.22. The maximum absolute atomic E-state index is 5.93. The molecule has 0 N–H and O–H groups in total. The molecule has 0 radical (unpaired) electrons. The molecule has 0 aromatic heterocycles. The van der Waals surface area contributed by atoms with Crippen molar-refractivity contribution in [2.24, 2.45) is 0 Å². The Kier molecular flexibility index (Phi) is 3.01.